The third-order valence-corrected chi connectivity index (χ3v) is 6.40. The Hall–Kier alpha value is -3.88. The van der Waals surface area contributed by atoms with Crippen LogP contribution in [0.25, 0.3) is 0 Å². The van der Waals surface area contributed by atoms with Crippen molar-refractivity contribution >= 4 is 35.0 Å². The fraction of sp³-hybridized carbons (Fsp3) is 0.250. The Morgan fingerprint density at radius 3 is 2.65 bits per heavy atom. The summed E-state index contributed by atoms with van der Waals surface area (Å²) in [6.07, 6.45) is 1.64. The molecule has 0 spiro atoms. The van der Waals surface area contributed by atoms with E-state index in [2.05, 4.69) is 5.32 Å². The van der Waals surface area contributed by atoms with Crippen molar-refractivity contribution in [2.75, 3.05) is 25.1 Å². The van der Waals surface area contributed by atoms with E-state index < -0.39 is 0 Å². The largest absolute Gasteiger partial charge is 0.493 e. The molecule has 1 unspecified atom stereocenters. The highest BCUT2D eigenvalue weighted by atomic mass is 35.5. The first kappa shape index (κ1) is 24.8. The Kier molecular flexibility index (Phi) is 7.12. The molecule has 37 heavy (non-hydrogen) atoms. The maximum absolute atomic E-state index is 12.9. The highest BCUT2D eigenvalue weighted by molar-refractivity contribution is 6.31. The zero-order chi connectivity index (χ0) is 25.9. The van der Waals surface area contributed by atoms with Gasteiger partial charge < -0.3 is 19.5 Å². The van der Waals surface area contributed by atoms with Crippen molar-refractivity contribution in [3.8, 4) is 17.2 Å². The fourth-order valence-electron chi connectivity index (χ4n) is 4.42. The summed E-state index contributed by atoms with van der Waals surface area (Å²) in [5, 5.41) is 3.25. The number of amides is 3. The van der Waals surface area contributed by atoms with Crippen molar-refractivity contribution in [2.45, 2.75) is 25.9 Å². The van der Waals surface area contributed by atoms with E-state index in [0.717, 1.165) is 12.8 Å². The number of hydrogen-bond acceptors (Lipinski definition) is 6. The van der Waals surface area contributed by atoms with E-state index in [1.807, 2.05) is 6.92 Å². The maximum Gasteiger partial charge on any atom is 0.261 e. The fourth-order valence-corrected chi connectivity index (χ4v) is 4.60. The van der Waals surface area contributed by atoms with Crippen LogP contribution in [0, 0.1) is 0 Å². The number of hydrogen-bond donors (Lipinski definition) is 1. The van der Waals surface area contributed by atoms with Crippen LogP contribution in [-0.2, 0) is 4.74 Å². The second-order valence-corrected chi connectivity index (χ2v) is 9.16. The molecule has 5 rings (SSSR count). The number of nitrogens with zero attached hydrogens (tertiary/aromatic N) is 1. The first-order valence-electron chi connectivity index (χ1n) is 12.1. The molecule has 1 atom stereocenters. The number of ether oxygens (including phenoxy) is 3. The van der Waals surface area contributed by atoms with Crippen molar-refractivity contribution in [3.05, 3.63) is 82.4 Å². The zero-order valence-electron chi connectivity index (χ0n) is 20.2. The van der Waals surface area contributed by atoms with E-state index in [4.69, 9.17) is 25.8 Å². The first-order chi connectivity index (χ1) is 17.9. The molecule has 3 aromatic rings. The molecule has 190 valence electrons. The summed E-state index contributed by atoms with van der Waals surface area (Å²) in [6.45, 7) is 3.15. The van der Waals surface area contributed by atoms with Gasteiger partial charge in [0.05, 0.1) is 35.9 Å². The second kappa shape index (κ2) is 10.6. The second-order valence-electron chi connectivity index (χ2n) is 8.72. The molecule has 8 nitrogen and oxygen atoms in total. The van der Waals surface area contributed by atoms with Crippen LogP contribution in [-0.4, -0.2) is 48.5 Å². The van der Waals surface area contributed by atoms with Crippen molar-refractivity contribution in [2.24, 2.45) is 0 Å². The Labute approximate surface area is 219 Å². The average molecular weight is 521 g/mol. The number of imide groups is 1. The molecule has 0 aliphatic carbocycles. The van der Waals surface area contributed by atoms with Crippen LogP contribution in [0.5, 0.6) is 17.2 Å². The molecule has 1 saturated heterocycles. The van der Waals surface area contributed by atoms with Gasteiger partial charge in [-0.2, -0.15) is 0 Å². The smallest absolute Gasteiger partial charge is 0.261 e. The molecular formula is C28H25ClN2O6. The van der Waals surface area contributed by atoms with Crippen molar-refractivity contribution in [1.82, 2.24) is 4.90 Å². The Bertz CT molecular complexity index is 1370. The molecule has 2 aliphatic heterocycles. The molecule has 0 saturated carbocycles. The number of nitrogens with one attached hydrogen (secondary N) is 1. The zero-order valence-corrected chi connectivity index (χ0v) is 20.9. The van der Waals surface area contributed by atoms with Gasteiger partial charge in [0.1, 0.15) is 17.2 Å². The van der Waals surface area contributed by atoms with E-state index in [1.165, 1.54) is 4.90 Å². The standard InChI is InChI=1S/C28H25ClN2O6/c1-2-35-25-11-8-17(29)13-24(25)26(32)30-18-5-3-6-19(14-18)37-20-9-10-22-23(15-20)28(34)31(27(22)33)16-21-7-4-12-36-21/h3,5-6,8-11,13-15,21H,2,4,7,12,16H2,1H3,(H,30,32). The van der Waals surface area contributed by atoms with Gasteiger partial charge in [0, 0.05) is 23.4 Å². The molecular weight excluding hydrogens is 496 g/mol. The molecule has 0 bridgehead atoms. The minimum atomic E-state index is -0.379. The number of carbonyl (C=O) groups excluding carboxylic acids is 3. The van der Waals surface area contributed by atoms with E-state index in [9.17, 15) is 14.4 Å². The molecule has 9 heteroatoms. The van der Waals surface area contributed by atoms with Crippen LogP contribution in [0.15, 0.2) is 60.7 Å². The number of benzene rings is 3. The van der Waals surface area contributed by atoms with Crippen molar-refractivity contribution in [3.63, 3.8) is 0 Å². The van der Waals surface area contributed by atoms with Crippen molar-refractivity contribution < 1.29 is 28.6 Å². The highest BCUT2D eigenvalue weighted by Gasteiger charge is 2.37. The molecule has 2 heterocycles. The summed E-state index contributed by atoms with van der Waals surface area (Å²) in [5.74, 6) is 0.226. The van der Waals surface area contributed by atoms with Gasteiger partial charge in [0.15, 0.2) is 0 Å². The predicted molar refractivity (Wildman–Crippen MR) is 138 cm³/mol. The summed E-state index contributed by atoms with van der Waals surface area (Å²) in [5.41, 5.74) is 1.47. The van der Waals surface area contributed by atoms with Gasteiger partial charge >= 0.3 is 0 Å². The SMILES string of the molecule is CCOc1ccc(Cl)cc1C(=O)Nc1cccc(Oc2ccc3c(c2)C(=O)N(CC2CCCO2)C3=O)c1. The van der Waals surface area contributed by atoms with Gasteiger partial charge in [0.2, 0.25) is 0 Å². The van der Waals surface area contributed by atoms with Crippen LogP contribution in [0.4, 0.5) is 5.69 Å². The van der Waals surface area contributed by atoms with Gasteiger partial charge in [-0.1, -0.05) is 17.7 Å². The minimum Gasteiger partial charge on any atom is -0.493 e. The number of rotatable bonds is 8. The Morgan fingerprint density at radius 2 is 1.86 bits per heavy atom. The van der Waals surface area contributed by atoms with Gasteiger partial charge in [-0.3, -0.25) is 19.3 Å². The van der Waals surface area contributed by atoms with Gasteiger partial charge in [-0.05, 0) is 68.3 Å². The van der Waals surface area contributed by atoms with E-state index in [-0.39, 0.29) is 30.4 Å². The normalized spacial score (nSPS) is 16.6. The summed E-state index contributed by atoms with van der Waals surface area (Å²) < 4.78 is 17.1. The molecule has 0 radical (unpaired) electrons. The lowest BCUT2D eigenvalue weighted by atomic mass is 10.1. The molecule has 0 aromatic heterocycles. The lowest BCUT2D eigenvalue weighted by Gasteiger charge is -2.17. The first-order valence-corrected chi connectivity index (χ1v) is 12.4. The molecule has 2 aliphatic rings. The summed E-state index contributed by atoms with van der Waals surface area (Å²) in [7, 11) is 0. The van der Waals surface area contributed by atoms with E-state index in [1.54, 1.807) is 60.7 Å². The van der Waals surface area contributed by atoms with E-state index in [0.29, 0.717) is 57.9 Å². The van der Waals surface area contributed by atoms with Gasteiger partial charge in [-0.25, -0.2) is 0 Å². The number of halogens is 1. The Balaban J connectivity index is 1.30. The third kappa shape index (κ3) is 5.30. The molecule has 1 N–H and O–H groups in total. The van der Waals surface area contributed by atoms with Gasteiger partial charge in [-0.15, -0.1) is 0 Å². The topological polar surface area (TPSA) is 94.2 Å². The highest BCUT2D eigenvalue weighted by Crippen LogP contribution is 2.31. The lowest BCUT2D eigenvalue weighted by Crippen LogP contribution is -2.36. The van der Waals surface area contributed by atoms with Crippen LogP contribution >= 0.6 is 11.6 Å². The molecule has 1 fully saturated rings. The third-order valence-electron chi connectivity index (χ3n) is 6.17. The molecule has 3 amide bonds. The van der Waals surface area contributed by atoms with Crippen LogP contribution in [0.3, 0.4) is 0 Å². The van der Waals surface area contributed by atoms with Crippen LogP contribution in [0.1, 0.15) is 50.8 Å². The van der Waals surface area contributed by atoms with Crippen LogP contribution in [0.2, 0.25) is 5.02 Å². The molecule has 3 aromatic carbocycles. The lowest BCUT2D eigenvalue weighted by molar-refractivity contribution is 0.0475. The van der Waals surface area contributed by atoms with E-state index >= 15 is 0 Å². The van der Waals surface area contributed by atoms with Crippen molar-refractivity contribution in [1.29, 1.82) is 0 Å². The van der Waals surface area contributed by atoms with Gasteiger partial charge in [0.25, 0.3) is 17.7 Å². The average Bonchev–Trinajstić information content (AvgIpc) is 3.48. The summed E-state index contributed by atoms with van der Waals surface area (Å²) in [4.78, 5) is 39.9. The quantitative estimate of drug-likeness (QED) is 0.391. The monoisotopic (exact) mass is 520 g/mol. The predicted octanol–water partition coefficient (Wildman–Crippen LogP) is 5.56. The number of fused-ring (bicyclic) bond motifs is 1. The maximum atomic E-state index is 12.9. The summed E-state index contributed by atoms with van der Waals surface area (Å²) in [6, 6.07) is 16.5. The number of carbonyl (C=O) groups is 3. The summed E-state index contributed by atoms with van der Waals surface area (Å²) >= 11 is 6.08. The van der Waals surface area contributed by atoms with Crippen LogP contribution < -0.4 is 14.8 Å². The Morgan fingerprint density at radius 1 is 1.05 bits per heavy atom. The minimum absolute atomic E-state index is 0.118. The number of anilines is 1.